The minimum Gasteiger partial charge on any atom is -0.348 e. The third-order valence-corrected chi connectivity index (χ3v) is 5.03. The zero-order valence-corrected chi connectivity index (χ0v) is 14.9. The van der Waals surface area contributed by atoms with Crippen LogP contribution < -0.4 is 5.32 Å². The van der Waals surface area contributed by atoms with Crippen molar-refractivity contribution in [1.82, 2.24) is 25.3 Å². The maximum Gasteiger partial charge on any atom is 0.269 e. The highest BCUT2D eigenvalue weighted by molar-refractivity contribution is 5.93. The van der Waals surface area contributed by atoms with Gasteiger partial charge in [-0.15, -0.1) is 0 Å². The molecule has 24 heavy (non-hydrogen) atoms. The highest BCUT2D eigenvalue weighted by Crippen LogP contribution is 2.25. The van der Waals surface area contributed by atoms with E-state index in [0.717, 1.165) is 35.5 Å². The van der Waals surface area contributed by atoms with Crippen LogP contribution in [0.25, 0.3) is 11.3 Å². The third-order valence-electron chi connectivity index (χ3n) is 5.03. The molecule has 0 aromatic carbocycles. The first-order chi connectivity index (χ1) is 11.6. The normalized spacial score (nSPS) is 16.6. The van der Waals surface area contributed by atoms with Crippen LogP contribution in [0.2, 0.25) is 0 Å². The summed E-state index contributed by atoms with van der Waals surface area (Å²) in [6.45, 7) is 3.98. The number of carbonyl (C=O) groups excluding carboxylic acids is 1. The summed E-state index contributed by atoms with van der Waals surface area (Å²) in [7, 11) is 1.92. The standard InChI is InChI=1S/C18H27N5O/c1-12-17(13(2)23(3)22-12)15-11-16(21-20-15)18(24)19-14-9-7-5-4-6-8-10-14/h11,14H,4-10H2,1-3H3,(H,19,24)(H,20,21). The molecule has 0 bridgehead atoms. The number of amides is 1. The second-order valence-electron chi connectivity index (χ2n) is 6.85. The van der Waals surface area contributed by atoms with Gasteiger partial charge in [0.15, 0.2) is 0 Å². The topological polar surface area (TPSA) is 75.6 Å². The minimum atomic E-state index is -0.0569. The van der Waals surface area contributed by atoms with E-state index in [0.29, 0.717) is 5.69 Å². The lowest BCUT2D eigenvalue weighted by molar-refractivity contribution is 0.0925. The quantitative estimate of drug-likeness (QED) is 0.907. The predicted octanol–water partition coefficient (Wildman–Crippen LogP) is 3.27. The molecule has 1 aliphatic rings. The first kappa shape index (κ1) is 16.7. The summed E-state index contributed by atoms with van der Waals surface area (Å²) in [5.74, 6) is -0.0569. The van der Waals surface area contributed by atoms with Crippen LogP contribution in [0.3, 0.4) is 0 Å². The van der Waals surface area contributed by atoms with Gasteiger partial charge in [-0.1, -0.05) is 32.1 Å². The van der Waals surface area contributed by atoms with Gasteiger partial charge in [0.1, 0.15) is 5.69 Å². The lowest BCUT2D eigenvalue weighted by Crippen LogP contribution is -2.35. The summed E-state index contributed by atoms with van der Waals surface area (Å²) in [4.78, 5) is 12.5. The number of aromatic amines is 1. The molecule has 6 heteroatoms. The van der Waals surface area contributed by atoms with Crippen LogP contribution in [-0.2, 0) is 7.05 Å². The maximum atomic E-state index is 12.5. The van der Waals surface area contributed by atoms with Gasteiger partial charge in [0.25, 0.3) is 5.91 Å². The molecule has 0 saturated heterocycles. The summed E-state index contributed by atoms with van der Waals surface area (Å²) in [6, 6.07) is 2.11. The molecule has 3 rings (SSSR count). The smallest absolute Gasteiger partial charge is 0.269 e. The Morgan fingerprint density at radius 1 is 1.21 bits per heavy atom. The maximum absolute atomic E-state index is 12.5. The van der Waals surface area contributed by atoms with Crippen LogP contribution >= 0.6 is 0 Å². The molecule has 6 nitrogen and oxygen atoms in total. The van der Waals surface area contributed by atoms with Crippen molar-refractivity contribution in [2.45, 2.75) is 64.8 Å². The summed E-state index contributed by atoms with van der Waals surface area (Å²) < 4.78 is 1.84. The van der Waals surface area contributed by atoms with Crippen LogP contribution in [0.1, 0.15) is 66.8 Å². The fraction of sp³-hybridized carbons (Fsp3) is 0.611. The van der Waals surface area contributed by atoms with Crippen LogP contribution in [0.5, 0.6) is 0 Å². The molecule has 1 saturated carbocycles. The number of rotatable bonds is 3. The molecule has 1 aliphatic carbocycles. The fourth-order valence-electron chi connectivity index (χ4n) is 3.57. The van der Waals surface area contributed by atoms with Gasteiger partial charge >= 0.3 is 0 Å². The van der Waals surface area contributed by atoms with Crippen molar-refractivity contribution in [3.63, 3.8) is 0 Å². The van der Waals surface area contributed by atoms with Gasteiger partial charge in [-0.25, -0.2) is 0 Å². The third kappa shape index (κ3) is 3.52. The van der Waals surface area contributed by atoms with Crippen LogP contribution in [0.4, 0.5) is 0 Å². The predicted molar refractivity (Wildman–Crippen MR) is 93.8 cm³/mol. The second-order valence-corrected chi connectivity index (χ2v) is 6.85. The average Bonchev–Trinajstić information content (AvgIpc) is 3.07. The van der Waals surface area contributed by atoms with Gasteiger partial charge in [-0.3, -0.25) is 14.6 Å². The number of aryl methyl sites for hydroxylation is 2. The Kier molecular flexibility index (Phi) is 5.02. The molecule has 0 spiro atoms. The first-order valence-electron chi connectivity index (χ1n) is 8.93. The zero-order chi connectivity index (χ0) is 17.1. The highest BCUT2D eigenvalue weighted by Gasteiger charge is 2.19. The van der Waals surface area contributed by atoms with Gasteiger partial charge in [-0.05, 0) is 32.8 Å². The first-order valence-corrected chi connectivity index (χ1v) is 8.93. The van der Waals surface area contributed by atoms with E-state index in [4.69, 9.17) is 0 Å². The Balaban J connectivity index is 1.71. The number of hydrogen-bond donors (Lipinski definition) is 2. The Morgan fingerprint density at radius 3 is 2.50 bits per heavy atom. The molecule has 0 atom stereocenters. The van der Waals surface area contributed by atoms with Crippen molar-refractivity contribution in [3.05, 3.63) is 23.1 Å². The van der Waals surface area contributed by atoms with E-state index in [2.05, 4.69) is 20.6 Å². The molecule has 130 valence electrons. The Bertz CT molecular complexity index is 707. The Hall–Kier alpha value is -2.11. The summed E-state index contributed by atoms with van der Waals surface area (Å²) in [5.41, 5.74) is 4.27. The molecule has 2 aromatic heterocycles. The Labute approximate surface area is 143 Å². The number of H-pyrrole nitrogens is 1. The van der Waals surface area contributed by atoms with E-state index < -0.39 is 0 Å². The molecule has 1 amide bonds. The van der Waals surface area contributed by atoms with E-state index in [1.54, 1.807) is 0 Å². The largest absolute Gasteiger partial charge is 0.348 e. The van der Waals surface area contributed by atoms with Crippen molar-refractivity contribution in [2.75, 3.05) is 0 Å². The number of carbonyl (C=O) groups is 1. The number of nitrogens with zero attached hydrogens (tertiary/aromatic N) is 3. The Morgan fingerprint density at radius 2 is 1.88 bits per heavy atom. The number of hydrogen-bond acceptors (Lipinski definition) is 3. The van der Waals surface area contributed by atoms with E-state index in [9.17, 15) is 4.79 Å². The van der Waals surface area contributed by atoms with Crippen molar-refractivity contribution >= 4 is 5.91 Å². The van der Waals surface area contributed by atoms with Gasteiger partial charge in [0.2, 0.25) is 0 Å². The SMILES string of the molecule is Cc1nn(C)c(C)c1-c1cc(C(=O)NC2CCCCCCC2)[nH]n1. The highest BCUT2D eigenvalue weighted by atomic mass is 16.2. The van der Waals surface area contributed by atoms with E-state index in [1.165, 1.54) is 32.1 Å². The van der Waals surface area contributed by atoms with Gasteiger partial charge in [0.05, 0.1) is 11.4 Å². The molecular weight excluding hydrogens is 302 g/mol. The summed E-state index contributed by atoms with van der Waals surface area (Å²) in [6.07, 6.45) is 8.44. The van der Waals surface area contributed by atoms with Crippen molar-refractivity contribution in [2.24, 2.45) is 7.05 Å². The number of aromatic nitrogens is 4. The second kappa shape index (κ2) is 7.20. The van der Waals surface area contributed by atoms with Crippen molar-refractivity contribution in [3.8, 4) is 11.3 Å². The molecular formula is C18H27N5O. The minimum absolute atomic E-state index is 0.0569. The fourth-order valence-corrected chi connectivity index (χ4v) is 3.57. The monoisotopic (exact) mass is 329 g/mol. The molecule has 0 unspecified atom stereocenters. The zero-order valence-electron chi connectivity index (χ0n) is 14.9. The van der Waals surface area contributed by atoms with Crippen molar-refractivity contribution < 1.29 is 4.79 Å². The van der Waals surface area contributed by atoms with Crippen molar-refractivity contribution in [1.29, 1.82) is 0 Å². The summed E-state index contributed by atoms with van der Waals surface area (Å²) >= 11 is 0. The average molecular weight is 329 g/mol. The molecule has 0 aliphatic heterocycles. The number of nitrogens with one attached hydrogen (secondary N) is 2. The van der Waals surface area contributed by atoms with Gasteiger partial charge in [-0.2, -0.15) is 10.2 Å². The molecule has 2 heterocycles. The van der Waals surface area contributed by atoms with Crippen LogP contribution in [0.15, 0.2) is 6.07 Å². The lowest BCUT2D eigenvalue weighted by Gasteiger charge is -2.20. The molecule has 2 aromatic rings. The van der Waals surface area contributed by atoms with E-state index in [-0.39, 0.29) is 11.9 Å². The lowest BCUT2D eigenvalue weighted by atomic mass is 9.96. The summed E-state index contributed by atoms with van der Waals surface area (Å²) in [5, 5.41) is 14.8. The molecule has 2 N–H and O–H groups in total. The van der Waals surface area contributed by atoms with E-state index in [1.807, 2.05) is 31.6 Å². The van der Waals surface area contributed by atoms with Crippen LogP contribution in [0, 0.1) is 13.8 Å². The molecule has 1 fully saturated rings. The van der Waals surface area contributed by atoms with Gasteiger partial charge in [0, 0.05) is 24.3 Å². The van der Waals surface area contributed by atoms with E-state index >= 15 is 0 Å². The van der Waals surface area contributed by atoms with Crippen LogP contribution in [-0.4, -0.2) is 31.9 Å². The molecule has 0 radical (unpaired) electrons. The van der Waals surface area contributed by atoms with Gasteiger partial charge < -0.3 is 5.32 Å².